The minimum atomic E-state index is 0.0875. The van der Waals surface area contributed by atoms with Gasteiger partial charge in [-0.1, -0.05) is 35.3 Å². The maximum atomic E-state index is 5.91. The minimum Gasteiger partial charge on any atom is -0.362 e. The van der Waals surface area contributed by atoms with Crippen LogP contribution in [0.5, 0.6) is 0 Å². The zero-order valence-corrected chi connectivity index (χ0v) is 12.6. The first-order valence-electron chi connectivity index (χ1n) is 5.26. The molecule has 1 unspecified atom stereocenters. The third-order valence-corrected chi connectivity index (χ3v) is 3.99. The molecule has 2 rings (SSSR count). The van der Waals surface area contributed by atoms with Crippen molar-refractivity contribution in [2.75, 3.05) is 5.32 Å². The van der Waals surface area contributed by atoms with Gasteiger partial charge in [0.2, 0.25) is 0 Å². The summed E-state index contributed by atoms with van der Waals surface area (Å²) in [6, 6.07) is 7.74. The van der Waals surface area contributed by atoms with Gasteiger partial charge in [0.25, 0.3) is 0 Å². The number of rotatable bonds is 3. The van der Waals surface area contributed by atoms with Crippen LogP contribution in [0.3, 0.4) is 0 Å². The molecule has 3 nitrogen and oxygen atoms in total. The van der Waals surface area contributed by atoms with Crippen LogP contribution in [0.4, 0.5) is 5.82 Å². The fraction of sp³-hybridized carbons (Fsp3) is 0.167. The lowest BCUT2D eigenvalue weighted by Gasteiger charge is -2.16. The Morgan fingerprint density at radius 3 is 2.50 bits per heavy atom. The summed E-state index contributed by atoms with van der Waals surface area (Å²) in [5.41, 5.74) is 1.11. The summed E-state index contributed by atoms with van der Waals surface area (Å²) in [7, 11) is 0. The van der Waals surface area contributed by atoms with Gasteiger partial charge < -0.3 is 5.32 Å². The molecular formula is C12H10BrCl2N3. The molecule has 0 saturated heterocycles. The third kappa shape index (κ3) is 3.13. The lowest BCUT2D eigenvalue weighted by atomic mass is 10.1. The summed E-state index contributed by atoms with van der Waals surface area (Å²) in [4.78, 5) is 8.02. The van der Waals surface area contributed by atoms with Crippen LogP contribution in [0.25, 0.3) is 0 Å². The Bertz CT molecular complexity index is 546. The molecular weight excluding hydrogens is 337 g/mol. The number of hydrogen-bond acceptors (Lipinski definition) is 3. The van der Waals surface area contributed by atoms with Gasteiger partial charge in [0.1, 0.15) is 17.3 Å². The van der Waals surface area contributed by atoms with E-state index in [2.05, 4.69) is 31.2 Å². The molecule has 0 aliphatic rings. The molecule has 0 saturated carbocycles. The van der Waals surface area contributed by atoms with Gasteiger partial charge in [-0.15, -0.1) is 0 Å². The van der Waals surface area contributed by atoms with Crippen molar-refractivity contribution in [1.82, 2.24) is 9.97 Å². The second kappa shape index (κ2) is 5.87. The maximum Gasteiger partial charge on any atom is 0.148 e. The van der Waals surface area contributed by atoms with Crippen molar-refractivity contribution < 1.29 is 0 Å². The molecule has 0 radical (unpaired) electrons. The average Bonchev–Trinajstić information content (AvgIpc) is 2.36. The molecule has 1 aromatic carbocycles. The molecule has 2 aromatic rings. The van der Waals surface area contributed by atoms with Gasteiger partial charge in [-0.05, 0) is 40.5 Å². The SMILES string of the molecule is CC(Nc1ncnc(Cl)c1Br)c1ccc(Cl)cc1. The topological polar surface area (TPSA) is 37.8 Å². The van der Waals surface area contributed by atoms with E-state index in [9.17, 15) is 0 Å². The van der Waals surface area contributed by atoms with Gasteiger partial charge in [-0.3, -0.25) is 0 Å². The minimum absolute atomic E-state index is 0.0875. The first kappa shape index (κ1) is 13.6. The molecule has 0 aliphatic heterocycles. The van der Waals surface area contributed by atoms with Crippen LogP contribution in [-0.4, -0.2) is 9.97 Å². The lowest BCUT2D eigenvalue weighted by Crippen LogP contribution is -2.08. The van der Waals surface area contributed by atoms with Crippen LogP contribution in [-0.2, 0) is 0 Å². The van der Waals surface area contributed by atoms with Crippen LogP contribution in [0, 0.1) is 0 Å². The van der Waals surface area contributed by atoms with E-state index in [1.807, 2.05) is 31.2 Å². The van der Waals surface area contributed by atoms with Crippen molar-refractivity contribution in [3.63, 3.8) is 0 Å². The molecule has 1 heterocycles. The summed E-state index contributed by atoms with van der Waals surface area (Å²) in [6.45, 7) is 2.03. The number of halogens is 3. The highest BCUT2D eigenvalue weighted by Crippen LogP contribution is 2.29. The van der Waals surface area contributed by atoms with Gasteiger partial charge in [-0.2, -0.15) is 0 Å². The number of nitrogens with zero attached hydrogens (tertiary/aromatic N) is 2. The Morgan fingerprint density at radius 2 is 1.83 bits per heavy atom. The first-order chi connectivity index (χ1) is 8.58. The molecule has 18 heavy (non-hydrogen) atoms. The van der Waals surface area contributed by atoms with E-state index < -0.39 is 0 Å². The van der Waals surface area contributed by atoms with E-state index in [0.717, 1.165) is 10.6 Å². The third-order valence-electron chi connectivity index (χ3n) is 2.47. The van der Waals surface area contributed by atoms with E-state index in [1.54, 1.807) is 0 Å². The van der Waals surface area contributed by atoms with E-state index in [1.165, 1.54) is 6.33 Å². The Hall–Kier alpha value is -0.840. The second-order valence-corrected chi connectivity index (χ2v) is 5.33. The van der Waals surface area contributed by atoms with Gasteiger partial charge in [-0.25, -0.2) is 9.97 Å². The summed E-state index contributed by atoms with van der Waals surface area (Å²) in [5, 5.41) is 4.37. The first-order valence-corrected chi connectivity index (χ1v) is 6.81. The number of anilines is 1. The van der Waals surface area contributed by atoms with Crippen LogP contribution in [0.2, 0.25) is 10.2 Å². The number of aromatic nitrogens is 2. The molecule has 0 spiro atoms. The standard InChI is InChI=1S/C12H10BrCl2N3/c1-7(8-2-4-9(14)5-3-8)18-12-10(13)11(15)16-6-17-12/h2-7H,1H3,(H,16,17,18). The van der Waals surface area contributed by atoms with Gasteiger partial charge in [0.15, 0.2) is 0 Å². The highest BCUT2D eigenvalue weighted by molar-refractivity contribution is 9.10. The number of hydrogen-bond donors (Lipinski definition) is 1. The van der Waals surface area contributed by atoms with Gasteiger partial charge >= 0.3 is 0 Å². The fourth-order valence-electron chi connectivity index (χ4n) is 1.49. The van der Waals surface area contributed by atoms with Crippen LogP contribution in [0.15, 0.2) is 35.1 Å². The van der Waals surface area contributed by atoms with Gasteiger partial charge in [0.05, 0.1) is 4.47 Å². The zero-order valence-electron chi connectivity index (χ0n) is 9.49. The molecule has 0 amide bonds. The zero-order chi connectivity index (χ0) is 13.1. The van der Waals surface area contributed by atoms with Crippen molar-refractivity contribution in [3.8, 4) is 0 Å². The predicted octanol–water partition coefficient (Wildman–Crippen LogP) is 4.72. The smallest absolute Gasteiger partial charge is 0.148 e. The molecule has 94 valence electrons. The summed E-state index contributed by atoms with van der Waals surface area (Å²) in [6.07, 6.45) is 1.42. The van der Waals surface area contributed by atoms with Gasteiger partial charge in [0, 0.05) is 11.1 Å². The van der Waals surface area contributed by atoms with E-state index in [4.69, 9.17) is 23.2 Å². The molecule has 6 heteroatoms. The van der Waals surface area contributed by atoms with E-state index >= 15 is 0 Å². The number of nitrogens with one attached hydrogen (secondary N) is 1. The average molecular weight is 347 g/mol. The summed E-state index contributed by atoms with van der Waals surface area (Å²) in [5.74, 6) is 0.664. The molecule has 1 aromatic heterocycles. The molecule has 1 atom stereocenters. The molecule has 0 aliphatic carbocycles. The van der Waals surface area contributed by atoms with E-state index in [0.29, 0.717) is 15.4 Å². The van der Waals surface area contributed by atoms with Crippen molar-refractivity contribution >= 4 is 44.9 Å². The highest BCUT2D eigenvalue weighted by atomic mass is 79.9. The summed E-state index contributed by atoms with van der Waals surface area (Å²) >= 11 is 15.1. The Labute approximate surface area is 124 Å². The van der Waals surface area contributed by atoms with Crippen molar-refractivity contribution in [2.24, 2.45) is 0 Å². The van der Waals surface area contributed by atoms with Crippen molar-refractivity contribution in [3.05, 3.63) is 50.8 Å². The normalized spacial score (nSPS) is 12.2. The van der Waals surface area contributed by atoms with E-state index in [-0.39, 0.29) is 6.04 Å². The largest absolute Gasteiger partial charge is 0.362 e. The second-order valence-electron chi connectivity index (χ2n) is 3.74. The Morgan fingerprint density at radius 1 is 1.17 bits per heavy atom. The maximum absolute atomic E-state index is 5.91. The van der Waals surface area contributed by atoms with Crippen LogP contribution < -0.4 is 5.32 Å². The lowest BCUT2D eigenvalue weighted by molar-refractivity contribution is 0.870. The van der Waals surface area contributed by atoms with Crippen molar-refractivity contribution in [2.45, 2.75) is 13.0 Å². The number of benzene rings is 1. The molecule has 0 bridgehead atoms. The molecule has 0 fully saturated rings. The summed E-state index contributed by atoms with van der Waals surface area (Å²) < 4.78 is 0.660. The van der Waals surface area contributed by atoms with Crippen LogP contribution >= 0.6 is 39.1 Å². The Balaban J connectivity index is 2.18. The van der Waals surface area contributed by atoms with Crippen molar-refractivity contribution in [1.29, 1.82) is 0 Å². The Kier molecular flexibility index (Phi) is 4.43. The molecule has 1 N–H and O–H groups in total. The van der Waals surface area contributed by atoms with Crippen LogP contribution in [0.1, 0.15) is 18.5 Å². The fourth-order valence-corrected chi connectivity index (χ4v) is 2.07. The monoisotopic (exact) mass is 345 g/mol. The predicted molar refractivity (Wildman–Crippen MR) is 78.2 cm³/mol. The quantitative estimate of drug-likeness (QED) is 0.817. The highest BCUT2D eigenvalue weighted by Gasteiger charge is 2.11.